The van der Waals surface area contributed by atoms with E-state index >= 15 is 0 Å². The maximum atomic E-state index is 13.0. The summed E-state index contributed by atoms with van der Waals surface area (Å²) in [6.07, 6.45) is 2.47. The molecule has 0 aliphatic carbocycles. The Morgan fingerprint density at radius 2 is 2.14 bits per heavy atom. The maximum Gasteiger partial charge on any atom is 0.411 e. The van der Waals surface area contributed by atoms with Gasteiger partial charge in [-0.25, -0.2) is 9.78 Å². The molecule has 37 heavy (non-hydrogen) atoms. The van der Waals surface area contributed by atoms with Crippen LogP contribution in [0.4, 0.5) is 4.79 Å². The van der Waals surface area contributed by atoms with Crippen LogP contribution in [0, 0.1) is 11.8 Å². The molecule has 2 atom stereocenters. The predicted molar refractivity (Wildman–Crippen MR) is 138 cm³/mol. The topological polar surface area (TPSA) is 106 Å². The lowest BCUT2D eigenvalue weighted by atomic mass is 9.92. The number of ether oxygens (including phenoxy) is 2. The van der Waals surface area contributed by atoms with Gasteiger partial charge in [0.05, 0.1) is 6.54 Å². The molecule has 0 bridgehead atoms. The number of halogens is 1. The largest absolute Gasteiger partial charge is 0.491 e. The molecule has 3 heterocycles. The number of aliphatic hydroxyl groups is 1. The second-order valence-corrected chi connectivity index (χ2v) is 9.12. The average Bonchev–Trinajstić information content (AvgIpc) is 3.55. The standard InChI is InChI=1S/C27H26ClN5O4/c1-2-3-12-36-27(35)33-11-10-22-23-13-19(28)6-9-24(23)31-25(22)26(33)18-4-7-21(8-5-18)37-15-20(34)14-32-17-29-16-30-32/h4-9,13,16-17,20,26,31,34H,10-12,14-15H2,1H3. The van der Waals surface area contributed by atoms with Gasteiger partial charge in [-0.1, -0.05) is 29.7 Å². The Morgan fingerprint density at radius 3 is 2.89 bits per heavy atom. The minimum Gasteiger partial charge on any atom is -0.491 e. The molecule has 1 aliphatic heterocycles. The number of amides is 1. The molecular weight excluding hydrogens is 494 g/mol. The minimum absolute atomic E-state index is 0.0391. The van der Waals surface area contributed by atoms with E-state index in [-0.39, 0.29) is 25.8 Å². The first-order valence-electron chi connectivity index (χ1n) is 11.9. The fourth-order valence-electron chi connectivity index (χ4n) is 4.59. The summed E-state index contributed by atoms with van der Waals surface area (Å²) >= 11 is 6.28. The van der Waals surface area contributed by atoms with E-state index in [2.05, 4.69) is 26.9 Å². The van der Waals surface area contributed by atoms with Crippen LogP contribution in [0.1, 0.15) is 29.8 Å². The number of H-pyrrole nitrogens is 1. The third-order valence-electron chi connectivity index (χ3n) is 6.27. The highest BCUT2D eigenvalue weighted by molar-refractivity contribution is 6.31. The minimum atomic E-state index is -0.739. The Balaban J connectivity index is 1.39. The van der Waals surface area contributed by atoms with Crippen molar-refractivity contribution in [2.75, 3.05) is 19.8 Å². The van der Waals surface area contributed by atoms with E-state index in [1.165, 1.54) is 6.33 Å². The molecule has 0 fully saturated rings. The van der Waals surface area contributed by atoms with Crippen LogP contribution in [-0.4, -0.2) is 61.7 Å². The first-order chi connectivity index (χ1) is 18.0. The Kier molecular flexibility index (Phi) is 7.30. The number of fused-ring (bicyclic) bond motifs is 3. The third-order valence-corrected chi connectivity index (χ3v) is 6.51. The number of nitrogens with one attached hydrogen (secondary N) is 1. The molecule has 0 spiro atoms. The van der Waals surface area contributed by atoms with Gasteiger partial charge in [0.1, 0.15) is 37.2 Å². The van der Waals surface area contributed by atoms with Crippen molar-refractivity contribution in [2.24, 2.45) is 0 Å². The second kappa shape index (κ2) is 10.9. The van der Waals surface area contributed by atoms with E-state index in [1.807, 2.05) is 42.5 Å². The molecule has 0 saturated carbocycles. The normalized spacial score (nSPS) is 15.5. The zero-order valence-corrected chi connectivity index (χ0v) is 21.0. The van der Waals surface area contributed by atoms with Gasteiger partial charge in [0.15, 0.2) is 6.61 Å². The molecule has 0 radical (unpaired) electrons. The van der Waals surface area contributed by atoms with Gasteiger partial charge in [-0.05, 0) is 54.8 Å². The number of carbonyl (C=O) groups is 1. The van der Waals surface area contributed by atoms with Gasteiger partial charge in [0.25, 0.3) is 0 Å². The summed E-state index contributed by atoms with van der Waals surface area (Å²) in [5.74, 6) is 6.12. The van der Waals surface area contributed by atoms with Crippen molar-refractivity contribution in [1.82, 2.24) is 24.6 Å². The van der Waals surface area contributed by atoms with Gasteiger partial charge in [-0.15, -0.1) is 5.92 Å². The lowest BCUT2D eigenvalue weighted by Crippen LogP contribution is -2.41. The molecular formula is C27H26ClN5O4. The molecule has 190 valence electrons. The molecule has 10 heteroatoms. The van der Waals surface area contributed by atoms with E-state index in [1.54, 1.807) is 22.8 Å². The second-order valence-electron chi connectivity index (χ2n) is 8.69. The average molecular weight is 520 g/mol. The summed E-state index contributed by atoms with van der Waals surface area (Å²) in [6, 6.07) is 12.9. The maximum absolute atomic E-state index is 13.0. The highest BCUT2D eigenvalue weighted by Crippen LogP contribution is 2.39. The van der Waals surface area contributed by atoms with Crippen molar-refractivity contribution in [3.8, 4) is 17.6 Å². The summed E-state index contributed by atoms with van der Waals surface area (Å²) in [5.41, 5.74) is 3.93. The van der Waals surface area contributed by atoms with Crippen LogP contribution >= 0.6 is 11.6 Å². The Bertz CT molecular complexity index is 1440. The molecule has 4 aromatic rings. The molecule has 2 aromatic carbocycles. The quantitative estimate of drug-likeness (QED) is 0.358. The molecule has 2 N–H and O–H groups in total. The van der Waals surface area contributed by atoms with Crippen LogP contribution in [-0.2, 0) is 17.7 Å². The number of carbonyl (C=O) groups excluding carboxylic acids is 1. The SMILES string of the molecule is CC#CCOC(=O)N1CCc2c([nH]c3ccc(Cl)cc23)C1c1ccc(OCC(O)Cn2cncn2)cc1. The van der Waals surface area contributed by atoms with Crippen LogP contribution in [0.15, 0.2) is 55.1 Å². The first-order valence-corrected chi connectivity index (χ1v) is 12.3. The Labute approximate surface area is 219 Å². The first kappa shape index (κ1) is 24.7. The molecule has 5 rings (SSSR count). The van der Waals surface area contributed by atoms with Crippen molar-refractivity contribution >= 4 is 28.6 Å². The van der Waals surface area contributed by atoms with E-state index in [0.717, 1.165) is 27.7 Å². The Morgan fingerprint density at radius 1 is 1.30 bits per heavy atom. The number of aliphatic hydroxyl groups excluding tert-OH is 1. The molecule has 2 aromatic heterocycles. The van der Waals surface area contributed by atoms with Crippen LogP contribution in [0.5, 0.6) is 5.75 Å². The monoisotopic (exact) mass is 519 g/mol. The van der Waals surface area contributed by atoms with Crippen molar-refractivity contribution in [3.63, 3.8) is 0 Å². The lowest BCUT2D eigenvalue weighted by Gasteiger charge is -2.35. The van der Waals surface area contributed by atoms with Crippen molar-refractivity contribution in [2.45, 2.75) is 32.0 Å². The zero-order chi connectivity index (χ0) is 25.8. The van der Waals surface area contributed by atoms with Gasteiger partial charge >= 0.3 is 6.09 Å². The third kappa shape index (κ3) is 5.40. The number of rotatable bonds is 7. The van der Waals surface area contributed by atoms with Crippen LogP contribution in [0.3, 0.4) is 0 Å². The smallest absolute Gasteiger partial charge is 0.411 e. The van der Waals surface area contributed by atoms with E-state index in [0.29, 0.717) is 23.7 Å². The van der Waals surface area contributed by atoms with Crippen molar-refractivity contribution < 1.29 is 19.4 Å². The van der Waals surface area contributed by atoms with Crippen LogP contribution < -0.4 is 4.74 Å². The fourth-order valence-corrected chi connectivity index (χ4v) is 4.76. The number of nitrogens with zero attached hydrogens (tertiary/aromatic N) is 4. The zero-order valence-electron chi connectivity index (χ0n) is 20.2. The summed E-state index contributed by atoms with van der Waals surface area (Å²) in [7, 11) is 0. The van der Waals surface area contributed by atoms with E-state index in [9.17, 15) is 9.90 Å². The number of aromatic nitrogens is 4. The van der Waals surface area contributed by atoms with Gasteiger partial charge in [0, 0.05) is 28.2 Å². The van der Waals surface area contributed by atoms with Gasteiger partial charge < -0.3 is 19.6 Å². The predicted octanol–water partition coefficient (Wildman–Crippen LogP) is 3.96. The number of hydrogen-bond donors (Lipinski definition) is 2. The molecule has 9 nitrogen and oxygen atoms in total. The number of benzene rings is 2. The number of hydrogen-bond acceptors (Lipinski definition) is 6. The molecule has 1 amide bonds. The van der Waals surface area contributed by atoms with Gasteiger partial charge in [-0.3, -0.25) is 9.58 Å². The Hall–Kier alpha value is -4.00. The highest BCUT2D eigenvalue weighted by atomic mass is 35.5. The van der Waals surface area contributed by atoms with E-state index in [4.69, 9.17) is 21.1 Å². The molecule has 2 unspecified atom stereocenters. The molecule has 1 aliphatic rings. The molecule has 0 saturated heterocycles. The van der Waals surface area contributed by atoms with E-state index < -0.39 is 12.2 Å². The van der Waals surface area contributed by atoms with Gasteiger partial charge in [0.2, 0.25) is 0 Å². The number of aromatic amines is 1. The summed E-state index contributed by atoms with van der Waals surface area (Å²) in [5, 5.41) is 15.9. The van der Waals surface area contributed by atoms with Gasteiger partial charge in [-0.2, -0.15) is 5.10 Å². The summed E-state index contributed by atoms with van der Waals surface area (Å²) in [4.78, 5) is 22.1. The van der Waals surface area contributed by atoms with Crippen LogP contribution in [0.2, 0.25) is 5.02 Å². The summed E-state index contributed by atoms with van der Waals surface area (Å²) in [6.45, 7) is 2.62. The summed E-state index contributed by atoms with van der Waals surface area (Å²) < 4.78 is 12.7. The van der Waals surface area contributed by atoms with Crippen LogP contribution in [0.25, 0.3) is 10.9 Å². The fraction of sp³-hybridized carbons (Fsp3) is 0.296. The lowest BCUT2D eigenvalue weighted by molar-refractivity contribution is 0.0891. The van der Waals surface area contributed by atoms with Crippen molar-refractivity contribution in [1.29, 1.82) is 0 Å². The van der Waals surface area contributed by atoms with Crippen molar-refractivity contribution in [3.05, 3.63) is 77.0 Å². The highest BCUT2D eigenvalue weighted by Gasteiger charge is 2.35.